The van der Waals surface area contributed by atoms with Gasteiger partial charge in [-0.05, 0) is 30.3 Å². The number of ether oxygens (including phenoxy) is 1. The highest BCUT2D eigenvalue weighted by molar-refractivity contribution is 6.32. The number of halogens is 3. The lowest BCUT2D eigenvalue weighted by Crippen LogP contribution is -2.14. The van der Waals surface area contributed by atoms with Crippen LogP contribution in [0.15, 0.2) is 41.6 Å². The lowest BCUT2D eigenvalue weighted by atomic mass is 10.2. The van der Waals surface area contributed by atoms with Gasteiger partial charge in [0.2, 0.25) is 0 Å². The molecule has 20 heavy (non-hydrogen) atoms. The molecule has 0 bridgehead atoms. The highest BCUT2D eigenvalue weighted by Crippen LogP contribution is 2.33. The van der Waals surface area contributed by atoms with Crippen molar-refractivity contribution in [1.82, 2.24) is 0 Å². The molecule has 0 atom stereocenters. The Morgan fingerprint density at radius 1 is 1.15 bits per heavy atom. The zero-order chi connectivity index (χ0) is 14.7. The molecule has 0 aliphatic carbocycles. The van der Waals surface area contributed by atoms with Crippen LogP contribution in [-0.2, 0) is 0 Å². The minimum Gasteiger partial charge on any atom is -0.455 e. The number of benzene rings is 2. The first-order valence-corrected chi connectivity index (χ1v) is 6.17. The van der Waals surface area contributed by atoms with Crippen LogP contribution in [-0.4, -0.2) is 11.0 Å². The third-order valence-corrected chi connectivity index (χ3v) is 2.97. The van der Waals surface area contributed by atoms with Crippen molar-refractivity contribution in [2.75, 3.05) is 0 Å². The summed E-state index contributed by atoms with van der Waals surface area (Å²) in [5, 5.41) is 12.1. The quantitative estimate of drug-likeness (QED) is 0.389. The van der Waals surface area contributed by atoms with Crippen LogP contribution in [0.5, 0.6) is 11.5 Å². The number of nitrogens with two attached hydrogens (primary N) is 1. The molecule has 3 N–H and O–H groups in total. The third-order valence-electron chi connectivity index (χ3n) is 2.44. The van der Waals surface area contributed by atoms with Gasteiger partial charge >= 0.3 is 0 Å². The van der Waals surface area contributed by atoms with Gasteiger partial charge in [-0.2, -0.15) is 0 Å². The summed E-state index contributed by atoms with van der Waals surface area (Å²) in [5.41, 5.74) is 5.88. The number of rotatable bonds is 3. The summed E-state index contributed by atoms with van der Waals surface area (Å²) in [6.45, 7) is 0. The molecule has 0 spiro atoms. The van der Waals surface area contributed by atoms with E-state index in [-0.39, 0.29) is 22.4 Å². The number of hydrogen-bond acceptors (Lipinski definition) is 3. The second-order valence-electron chi connectivity index (χ2n) is 3.80. The molecule has 7 heteroatoms. The smallest absolute Gasteiger partial charge is 0.173 e. The van der Waals surface area contributed by atoms with Crippen molar-refractivity contribution < 1.29 is 14.3 Å². The Hall–Kier alpha value is -1.98. The van der Waals surface area contributed by atoms with Crippen LogP contribution in [0.25, 0.3) is 0 Å². The maximum Gasteiger partial charge on any atom is 0.173 e. The lowest BCUT2D eigenvalue weighted by Gasteiger charge is -2.12. The second-order valence-corrected chi connectivity index (χ2v) is 4.65. The molecule has 0 amide bonds. The maximum atomic E-state index is 13.0. The average Bonchev–Trinajstić information content (AvgIpc) is 2.41. The standard InChI is InChI=1S/C13H9Cl2FN2O2/c14-7-1-3-9(13(17)18-19)12(5-7)20-11-4-2-8(16)6-10(11)15/h1-6,19H,(H2,17,18). The zero-order valence-electron chi connectivity index (χ0n) is 9.98. The molecule has 0 unspecified atom stereocenters. The van der Waals surface area contributed by atoms with E-state index in [2.05, 4.69) is 5.16 Å². The molecule has 0 radical (unpaired) electrons. The molecule has 0 heterocycles. The van der Waals surface area contributed by atoms with Gasteiger partial charge in [-0.1, -0.05) is 28.4 Å². The van der Waals surface area contributed by atoms with E-state index < -0.39 is 5.82 Å². The molecular formula is C13H9Cl2FN2O2. The number of hydrogen-bond donors (Lipinski definition) is 2. The Morgan fingerprint density at radius 3 is 2.55 bits per heavy atom. The Morgan fingerprint density at radius 2 is 1.90 bits per heavy atom. The van der Waals surface area contributed by atoms with Crippen LogP contribution in [0.3, 0.4) is 0 Å². The summed E-state index contributed by atoms with van der Waals surface area (Å²) >= 11 is 11.8. The third kappa shape index (κ3) is 3.12. The van der Waals surface area contributed by atoms with E-state index in [1.54, 1.807) is 6.07 Å². The predicted molar refractivity (Wildman–Crippen MR) is 75.4 cm³/mol. The Bertz CT molecular complexity index is 677. The largest absolute Gasteiger partial charge is 0.455 e. The van der Waals surface area contributed by atoms with Gasteiger partial charge in [-0.3, -0.25) is 0 Å². The van der Waals surface area contributed by atoms with Gasteiger partial charge in [0.1, 0.15) is 17.3 Å². The molecule has 104 valence electrons. The van der Waals surface area contributed by atoms with Gasteiger partial charge in [0, 0.05) is 11.1 Å². The Labute approximate surface area is 124 Å². The minimum absolute atomic E-state index is 0.0930. The lowest BCUT2D eigenvalue weighted by molar-refractivity contribution is 0.318. The van der Waals surface area contributed by atoms with Crippen molar-refractivity contribution in [3.8, 4) is 11.5 Å². The average molecular weight is 315 g/mol. The van der Waals surface area contributed by atoms with Crippen molar-refractivity contribution in [1.29, 1.82) is 0 Å². The van der Waals surface area contributed by atoms with E-state index in [9.17, 15) is 4.39 Å². The number of nitrogens with zero attached hydrogens (tertiary/aromatic N) is 1. The van der Waals surface area contributed by atoms with Crippen LogP contribution < -0.4 is 10.5 Å². The number of amidine groups is 1. The molecule has 2 aromatic carbocycles. The van der Waals surface area contributed by atoms with E-state index in [4.69, 9.17) is 38.9 Å². The summed E-state index contributed by atoms with van der Waals surface area (Å²) in [4.78, 5) is 0. The monoisotopic (exact) mass is 314 g/mol. The fourth-order valence-corrected chi connectivity index (χ4v) is 1.89. The van der Waals surface area contributed by atoms with Gasteiger partial charge in [0.25, 0.3) is 0 Å². The summed E-state index contributed by atoms with van der Waals surface area (Å²) in [6.07, 6.45) is 0. The van der Waals surface area contributed by atoms with Crippen molar-refractivity contribution in [2.24, 2.45) is 10.9 Å². The van der Waals surface area contributed by atoms with E-state index in [1.807, 2.05) is 0 Å². The first-order valence-electron chi connectivity index (χ1n) is 5.41. The number of oxime groups is 1. The van der Waals surface area contributed by atoms with Crippen LogP contribution in [0.4, 0.5) is 4.39 Å². The van der Waals surface area contributed by atoms with Gasteiger partial charge in [-0.25, -0.2) is 4.39 Å². The van der Waals surface area contributed by atoms with Gasteiger partial charge in [0.15, 0.2) is 5.84 Å². The van der Waals surface area contributed by atoms with Crippen molar-refractivity contribution >= 4 is 29.0 Å². The zero-order valence-corrected chi connectivity index (χ0v) is 11.5. The van der Waals surface area contributed by atoms with Gasteiger partial charge < -0.3 is 15.7 Å². The molecule has 0 aliphatic rings. The molecule has 0 fully saturated rings. The Kier molecular flexibility index (Phi) is 4.32. The topological polar surface area (TPSA) is 67.8 Å². The summed E-state index contributed by atoms with van der Waals surface area (Å²) in [7, 11) is 0. The van der Waals surface area contributed by atoms with Crippen LogP contribution in [0, 0.1) is 5.82 Å². The molecule has 2 rings (SSSR count). The molecular weight excluding hydrogens is 306 g/mol. The highest BCUT2D eigenvalue weighted by atomic mass is 35.5. The SMILES string of the molecule is NC(=NO)c1ccc(Cl)cc1Oc1ccc(F)cc1Cl. The molecule has 0 saturated heterocycles. The van der Waals surface area contributed by atoms with E-state index in [1.165, 1.54) is 24.3 Å². The molecule has 0 saturated carbocycles. The van der Waals surface area contributed by atoms with Gasteiger partial charge in [-0.15, -0.1) is 0 Å². The van der Waals surface area contributed by atoms with Crippen molar-refractivity contribution in [3.63, 3.8) is 0 Å². The fourth-order valence-electron chi connectivity index (χ4n) is 1.52. The van der Waals surface area contributed by atoms with Crippen LogP contribution in [0.2, 0.25) is 10.0 Å². The van der Waals surface area contributed by atoms with Crippen molar-refractivity contribution in [2.45, 2.75) is 0 Å². The van der Waals surface area contributed by atoms with Crippen LogP contribution >= 0.6 is 23.2 Å². The summed E-state index contributed by atoms with van der Waals surface area (Å²) in [6, 6.07) is 8.26. The summed E-state index contributed by atoms with van der Waals surface area (Å²) in [5.74, 6) is -0.163. The normalized spacial score (nSPS) is 11.4. The van der Waals surface area contributed by atoms with Crippen LogP contribution in [0.1, 0.15) is 5.56 Å². The molecule has 0 aromatic heterocycles. The van der Waals surface area contributed by atoms with Crippen molar-refractivity contribution in [3.05, 3.63) is 57.8 Å². The highest BCUT2D eigenvalue weighted by Gasteiger charge is 2.12. The maximum absolute atomic E-state index is 13.0. The predicted octanol–water partition coefficient (Wildman–Crippen LogP) is 4.02. The summed E-state index contributed by atoms with van der Waals surface area (Å²) < 4.78 is 18.5. The van der Waals surface area contributed by atoms with E-state index >= 15 is 0 Å². The van der Waals surface area contributed by atoms with E-state index in [0.29, 0.717) is 10.6 Å². The molecule has 0 aliphatic heterocycles. The van der Waals surface area contributed by atoms with Gasteiger partial charge in [0.05, 0.1) is 10.6 Å². The fraction of sp³-hybridized carbons (Fsp3) is 0. The Balaban J connectivity index is 2.44. The first kappa shape index (κ1) is 14.4. The first-order chi connectivity index (χ1) is 9.51. The second kappa shape index (κ2) is 5.98. The molecule has 4 nitrogen and oxygen atoms in total. The van der Waals surface area contributed by atoms with E-state index in [0.717, 1.165) is 6.07 Å². The minimum atomic E-state index is -0.481. The molecule has 2 aromatic rings.